The molecule has 1 amide bonds. The molecule has 0 aromatic heterocycles. The first-order chi connectivity index (χ1) is 9.18. The number of carboxylic acid groups (broad SMARTS) is 1. The maximum atomic E-state index is 11.2. The molecule has 0 saturated heterocycles. The van der Waals surface area contributed by atoms with E-state index in [9.17, 15) is 9.59 Å². The average molecular weight is 265 g/mol. The molecule has 5 nitrogen and oxygen atoms in total. The second kappa shape index (κ2) is 9.10. The predicted octanol–water partition coefficient (Wildman–Crippen LogP) is 1.57. The Hall–Kier alpha value is -1.88. The lowest BCUT2D eigenvalue weighted by molar-refractivity contribution is -0.138. The van der Waals surface area contributed by atoms with E-state index in [0.717, 1.165) is 5.56 Å². The van der Waals surface area contributed by atoms with Gasteiger partial charge in [-0.15, -0.1) is 0 Å². The minimum Gasteiger partial charge on any atom is -0.481 e. The molecule has 104 valence electrons. The summed E-state index contributed by atoms with van der Waals surface area (Å²) in [4.78, 5) is 21.4. The Balaban J connectivity index is 1.96. The van der Waals surface area contributed by atoms with Crippen LogP contribution < -0.4 is 5.32 Å². The molecule has 0 aliphatic heterocycles. The zero-order valence-corrected chi connectivity index (χ0v) is 10.8. The lowest BCUT2D eigenvalue weighted by atomic mass is 10.2. The number of ether oxygens (including phenoxy) is 1. The van der Waals surface area contributed by atoms with Crippen molar-refractivity contribution in [1.29, 1.82) is 0 Å². The second-order valence-electron chi connectivity index (χ2n) is 4.14. The molecule has 0 radical (unpaired) electrons. The number of aliphatic carboxylic acids is 1. The molecule has 5 heteroatoms. The fourth-order valence-electron chi connectivity index (χ4n) is 1.48. The van der Waals surface area contributed by atoms with Gasteiger partial charge in [0.05, 0.1) is 13.0 Å². The molecule has 0 aliphatic rings. The smallest absolute Gasteiger partial charge is 0.303 e. The third-order valence-corrected chi connectivity index (χ3v) is 2.47. The van der Waals surface area contributed by atoms with Crippen molar-refractivity contribution in [3.8, 4) is 0 Å². The van der Waals surface area contributed by atoms with Gasteiger partial charge in [0.1, 0.15) is 0 Å². The normalized spacial score (nSPS) is 10.1. The number of carbonyl (C=O) groups is 2. The number of amides is 1. The number of nitrogens with one attached hydrogen (secondary N) is 1. The first-order valence-corrected chi connectivity index (χ1v) is 6.28. The van der Waals surface area contributed by atoms with E-state index in [-0.39, 0.29) is 18.7 Å². The van der Waals surface area contributed by atoms with Gasteiger partial charge in [-0.3, -0.25) is 9.59 Å². The van der Waals surface area contributed by atoms with Gasteiger partial charge in [0.25, 0.3) is 0 Å². The number of carboxylic acids is 1. The lowest BCUT2D eigenvalue weighted by Gasteiger charge is -2.06. The molecule has 0 heterocycles. The summed E-state index contributed by atoms with van der Waals surface area (Å²) in [5.41, 5.74) is 1.12. The van der Waals surface area contributed by atoms with E-state index in [2.05, 4.69) is 5.32 Å². The number of carbonyl (C=O) groups excluding carboxylic acids is 1. The molecule has 0 atom stereocenters. The minimum absolute atomic E-state index is 0.0280. The Bertz CT molecular complexity index is 392. The summed E-state index contributed by atoms with van der Waals surface area (Å²) < 4.78 is 5.45. The number of hydrogen-bond donors (Lipinski definition) is 2. The summed E-state index contributed by atoms with van der Waals surface area (Å²) in [6, 6.07) is 9.86. The lowest BCUT2D eigenvalue weighted by Crippen LogP contribution is -2.25. The second-order valence-corrected chi connectivity index (χ2v) is 4.14. The minimum atomic E-state index is -0.957. The molecule has 1 rings (SSSR count). The first-order valence-electron chi connectivity index (χ1n) is 6.28. The van der Waals surface area contributed by atoms with E-state index in [1.807, 2.05) is 30.3 Å². The van der Waals surface area contributed by atoms with Gasteiger partial charge in [-0.2, -0.15) is 0 Å². The van der Waals surface area contributed by atoms with Crippen molar-refractivity contribution in [2.45, 2.75) is 25.9 Å². The molecule has 0 saturated carbocycles. The van der Waals surface area contributed by atoms with Crippen LogP contribution >= 0.6 is 0 Å². The zero-order valence-electron chi connectivity index (χ0n) is 10.8. The van der Waals surface area contributed by atoms with Crippen molar-refractivity contribution in [3.63, 3.8) is 0 Å². The van der Waals surface area contributed by atoms with E-state index < -0.39 is 5.97 Å². The topological polar surface area (TPSA) is 75.6 Å². The van der Waals surface area contributed by atoms with Gasteiger partial charge >= 0.3 is 5.97 Å². The van der Waals surface area contributed by atoms with Gasteiger partial charge in [-0.05, 0) is 12.0 Å². The number of hydrogen-bond acceptors (Lipinski definition) is 3. The maximum Gasteiger partial charge on any atom is 0.303 e. The summed E-state index contributed by atoms with van der Waals surface area (Å²) in [7, 11) is 0. The van der Waals surface area contributed by atoms with Crippen LogP contribution in [0.25, 0.3) is 0 Å². The van der Waals surface area contributed by atoms with Gasteiger partial charge < -0.3 is 15.2 Å². The van der Waals surface area contributed by atoms with Crippen LogP contribution in [-0.4, -0.2) is 30.1 Å². The van der Waals surface area contributed by atoms with Crippen LogP contribution in [0, 0.1) is 0 Å². The van der Waals surface area contributed by atoms with E-state index in [1.165, 1.54) is 0 Å². The quantitative estimate of drug-likeness (QED) is 0.665. The Morgan fingerprint density at radius 1 is 1.16 bits per heavy atom. The highest BCUT2D eigenvalue weighted by Gasteiger charge is 2.03. The predicted molar refractivity (Wildman–Crippen MR) is 70.6 cm³/mol. The summed E-state index contributed by atoms with van der Waals surface area (Å²) >= 11 is 0. The van der Waals surface area contributed by atoms with Crippen molar-refractivity contribution >= 4 is 11.9 Å². The summed E-state index contributed by atoms with van der Waals surface area (Å²) in [5, 5.41) is 11.1. The van der Waals surface area contributed by atoms with E-state index in [0.29, 0.717) is 26.2 Å². The average Bonchev–Trinajstić information content (AvgIpc) is 2.41. The van der Waals surface area contributed by atoms with Crippen molar-refractivity contribution in [3.05, 3.63) is 35.9 Å². The third-order valence-electron chi connectivity index (χ3n) is 2.47. The standard InChI is InChI=1S/C14H19NO4/c16-13(7-8-14(17)18)15-9-4-10-19-11-12-5-2-1-3-6-12/h1-3,5-6H,4,7-11H2,(H,15,16)(H,17,18). The van der Waals surface area contributed by atoms with Gasteiger partial charge in [0.2, 0.25) is 5.91 Å². The summed E-state index contributed by atoms with van der Waals surface area (Å²) in [6.07, 6.45) is 0.613. The maximum absolute atomic E-state index is 11.2. The Labute approximate surface area is 112 Å². The molecule has 0 spiro atoms. The summed E-state index contributed by atoms with van der Waals surface area (Å²) in [6.45, 7) is 1.63. The Kier molecular flexibility index (Phi) is 7.27. The van der Waals surface area contributed by atoms with E-state index >= 15 is 0 Å². The molecular formula is C14H19NO4. The fourth-order valence-corrected chi connectivity index (χ4v) is 1.48. The van der Waals surface area contributed by atoms with Crippen LogP contribution in [0.3, 0.4) is 0 Å². The molecule has 0 fully saturated rings. The van der Waals surface area contributed by atoms with Gasteiger partial charge in [0.15, 0.2) is 0 Å². The highest BCUT2D eigenvalue weighted by Crippen LogP contribution is 2.00. The van der Waals surface area contributed by atoms with Crippen molar-refractivity contribution in [1.82, 2.24) is 5.32 Å². The fraction of sp³-hybridized carbons (Fsp3) is 0.429. The van der Waals surface area contributed by atoms with Gasteiger partial charge in [0, 0.05) is 19.6 Å². The van der Waals surface area contributed by atoms with Crippen LogP contribution in [0.1, 0.15) is 24.8 Å². The van der Waals surface area contributed by atoms with Gasteiger partial charge in [-0.1, -0.05) is 30.3 Å². The zero-order chi connectivity index (χ0) is 13.9. The Morgan fingerprint density at radius 2 is 1.89 bits per heavy atom. The van der Waals surface area contributed by atoms with E-state index in [4.69, 9.17) is 9.84 Å². The van der Waals surface area contributed by atoms with Crippen LogP contribution in [0.5, 0.6) is 0 Å². The van der Waals surface area contributed by atoms with Crippen LogP contribution in [-0.2, 0) is 20.9 Å². The molecule has 0 aliphatic carbocycles. The van der Waals surface area contributed by atoms with Gasteiger partial charge in [-0.25, -0.2) is 0 Å². The monoisotopic (exact) mass is 265 g/mol. The third kappa shape index (κ3) is 7.94. The highest BCUT2D eigenvalue weighted by molar-refractivity contribution is 5.80. The number of benzene rings is 1. The van der Waals surface area contributed by atoms with Crippen LogP contribution in [0.4, 0.5) is 0 Å². The molecule has 2 N–H and O–H groups in total. The molecule has 1 aromatic carbocycles. The SMILES string of the molecule is O=C(O)CCC(=O)NCCCOCc1ccccc1. The van der Waals surface area contributed by atoms with Crippen molar-refractivity contribution in [2.24, 2.45) is 0 Å². The highest BCUT2D eigenvalue weighted by atomic mass is 16.5. The summed E-state index contributed by atoms with van der Waals surface area (Å²) in [5.74, 6) is -1.19. The largest absolute Gasteiger partial charge is 0.481 e. The number of rotatable bonds is 9. The molecular weight excluding hydrogens is 246 g/mol. The molecule has 0 bridgehead atoms. The molecule has 1 aromatic rings. The van der Waals surface area contributed by atoms with Crippen LogP contribution in [0.15, 0.2) is 30.3 Å². The van der Waals surface area contributed by atoms with E-state index in [1.54, 1.807) is 0 Å². The van der Waals surface area contributed by atoms with Crippen LogP contribution in [0.2, 0.25) is 0 Å². The van der Waals surface area contributed by atoms with Crippen molar-refractivity contribution < 1.29 is 19.4 Å². The molecule has 0 unspecified atom stereocenters. The molecule has 19 heavy (non-hydrogen) atoms. The first kappa shape index (κ1) is 15.2. The Morgan fingerprint density at radius 3 is 2.58 bits per heavy atom. The van der Waals surface area contributed by atoms with Crippen molar-refractivity contribution in [2.75, 3.05) is 13.2 Å².